The second kappa shape index (κ2) is 6.58. The number of benzene rings is 1. The van der Waals surface area contributed by atoms with Crippen LogP contribution in [0.4, 0.5) is 5.69 Å². The van der Waals surface area contributed by atoms with Crippen molar-refractivity contribution in [3.63, 3.8) is 0 Å². The smallest absolute Gasteiger partial charge is 0.0482 e. The van der Waals surface area contributed by atoms with E-state index in [2.05, 4.69) is 6.92 Å². The molecule has 3 nitrogen and oxygen atoms in total. The number of anilines is 1. The standard InChI is InChI=1S/C11H17NO2S/c1-2-3-7-10-12(15(13)14)11-8-5-4-6-9-11/h4-6,8-9H,2-3,7,10H2,1H3,(H,13,14)/p-1. The van der Waals surface area contributed by atoms with Crippen LogP contribution in [0.5, 0.6) is 0 Å². The van der Waals surface area contributed by atoms with Crippen LogP contribution in [0.15, 0.2) is 30.3 Å². The Morgan fingerprint density at radius 2 is 1.93 bits per heavy atom. The van der Waals surface area contributed by atoms with Crippen molar-refractivity contribution in [3.8, 4) is 0 Å². The summed E-state index contributed by atoms with van der Waals surface area (Å²) >= 11 is -2.17. The van der Waals surface area contributed by atoms with Crippen molar-refractivity contribution in [2.24, 2.45) is 0 Å². The van der Waals surface area contributed by atoms with Gasteiger partial charge in [-0.1, -0.05) is 38.0 Å². The molecule has 1 aromatic carbocycles. The van der Waals surface area contributed by atoms with Gasteiger partial charge >= 0.3 is 0 Å². The topological polar surface area (TPSA) is 43.4 Å². The van der Waals surface area contributed by atoms with E-state index in [1.165, 1.54) is 4.31 Å². The fourth-order valence-corrected chi connectivity index (χ4v) is 1.96. The predicted molar refractivity (Wildman–Crippen MR) is 62.2 cm³/mol. The zero-order chi connectivity index (χ0) is 11.1. The van der Waals surface area contributed by atoms with Crippen molar-refractivity contribution in [2.45, 2.75) is 26.2 Å². The number of nitrogens with zero attached hydrogens (tertiary/aromatic N) is 1. The Labute approximate surface area is 93.5 Å². The fraction of sp³-hybridized carbons (Fsp3) is 0.455. The highest BCUT2D eigenvalue weighted by atomic mass is 32.2. The van der Waals surface area contributed by atoms with Crippen molar-refractivity contribution in [2.75, 3.05) is 10.8 Å². The van der Waals surface area contributed by atoms with Crippen LogP contribution in [0.25, 0.3) is 0 Å². The minimum absolute atomic E-state index is 0.563. The molecule has 4 heteroatoms. The first-order valence-electron chi connectivity index (χ1n) is 5.17. The molecule has 0 spiro atoms. The fourth-order valence-electron chi connectivity index (χ4n) is 1.39. The van der Waals surface area contributed by atoms with Gasteiger partial charge in [0.05, 0.1) is 0 Å². The lowest BCUT2D eigenvalue weighted by Crippen LogP contribution is -2.26. The molecular weight excluding hydrogens is 210 g/mol. The molecule has 0 fully saturated rings. The van der Waals surface area contributed by atoms with Crippen LogP contribution >= 0.6 is 0 Å². The van der Waals surface area contributed by atoms with E-state index in [9.17, 15) is 8.76 Å². The Kier molecular flexibility index (Phi) is 5.36. The summed E-state index contributed by atoms with van der Waals surface area (Å²) in [6.07, 6.45) is 3.05. The molecule has 0 aliphatic heterocycles. The third kappa shape index (κ3) is 4.01. The van der Waals surface area contributed by atoms with Gasteiger partial charge in [-0.2, -0.15) is 0 Å². The van der Waals surface area contributed by atoms with Crippen LogP contribution < -0.4 is 4.31 Å². The second-order valence-corrected chi connectivity index (χ2v) is 4.24. The van der Waals surface area contributed by atoms with E-state index in [-0.39, 0.29) is 0 Å². The molecule has 1 rings (SSSR count). The van der Waals surface area contributed by atoms with E-state index in [0.29, 0.717) is 6.54 Å². The second-order valence-electron chi connectivity index (χ2n) is 3.36. The first-order valence-corrected chi connectivity index (χ1v) is 6.21. The number of unbranched alkanes of at least 4 members (excludes halogenated alkanes) is 2. The van der Waals surface area contributed by atoms with Crippen LogP contribution in [-0.4, -0.2) is 15.3 Å². The van der Waals surface area contributed by atoms with Gasteiger partial charge in [0.2, 0.25) is 0 Å². The molecule has 1 unspecified atom stereocenters. The summed E-state index contributed by atoms with van der Waals surface area (Å²) in [7, 11) is 0. The average molecular weight is 226 g/mol. The normalized spacial score (nSPS) is 12.4. The molecule has 0 heterocycles. The average Bonchev–Trinajstić information content (AvgIpc) is 2.25. The lowest BCUT2D eigenvalue weighted by atomic mass is 10.2. The monoisotopic (exact) mass is 226 g/mol. The molecule has 0 aromatic heterocycles. The number of hydrogen-bond donors (Lipinski definition) is 0. The molecule has 0 radical (unpaired) electrons. The van der Waals surface area contributed by atoms with Gasteiger partial charge in [-0.15, -0.1) is 0 Å². The third-order valence-electron chi connectivity index (χ3n) is 2.19. The summed E-state index contributed by atoms with van der Waals surface area (Å²) < 4.78 is 23.4. The van der Waals surface area contributed by atoms with E-state index in [1.54, 1.807) is 0 Å². The summed E-state index contributed by atoms with van der Waals surface area (Å²) in [4.78, 5) is 0. The van der Waals surface area contributed by atoms with E-state index >= 15 is 0 Å². The molecule has 0 aliphatic carbocycles. The molecule has 0 amide bonds. The summed E-state index contributed by atoms with van der Waals surface area (Å²) in [6, 6.07) is 9.18. The van der Waals surface area contributed by atoms with Gasteiger partial charge in [0.1, 0.15) is 0 Å². The number of rotatable bonds is 6. The van der Waals surface area contributed by atoms with Crippen LogP contribution in [0.2, 0.25) is 0 Å². The van der Waals surface area contributed by atoms with Crippen molar-refractivity contribution >= 4 is 17.0 Å². The minimum atomic E-state index is -2.17. The van der Waals surface area contributed by atoms with Crippen LogP contribution in [-0.2, 0) is 11.3 Å². The van der Waals surface area contributed by atoms with Crippen molar-refractivity contribution < 1.29 is 8.76 Å². The lowest BCUT2D eigenvalue weighted by Gasteiger charge is -2.26. The van der Waals surface area contributed by atoms with Crippen LogP contribution in [0, 0.1) is 0 Å². The first kappa shape index (κ1) is 12.2. The maximum atomic E-state index is 11.0. The highest BCUT2D eigenvalue weighted by Gasteiger charge is 2.05. The zero-order valence-electron chi connectivity index (χ0n) is 8.89. The summed E-state index contributed by atoms with van der Waals surface area (Å²) in [5.74, 6) is 0. The molecular formula is C11H16NO2S-. The molecule has 0 bridgehead atoms. The Morgan fingerprint density at radius 3 is 2.47 bits per heavy atom. The predicted octanol–water partition coefficient (Wildman–Crippen LogP) is 2.48. The van der Waals surface area contributed by atoms with Gasteiger partial charge in [-0.25, -0.2) is 0 Å². The summed E-state index contributed by atoms with van der Waals surface area (Å²) in [5.41, 5.74) is 0.738. The van der Waals surface area contributed by atoms with Gasteiger partial charge in [0, 0.05) is 23.5 Å². The van der Waals surface area contributed by atoms with Gasteiger partial charge < -0.3 is 8.86 Å². The molecule has 84 valence electrons. The molecule has 0 aliphatic rings. The highest BCUT2D eigenvalue weighted by molar-refractivity contribution is 7.80. The Morgan fingerprint density at radius 1 is 1.27 bits per heavy atom. The third-order valence-corrected chi connectivity index (χ3v) is 2.94. The maximum Gasteiger partial charge on any atom is 0.0482 e. The van der Waals surface area contributed by atoms with Gasteiger partial charge in [0.25, 0.3) is 0 Å². The molecule has 0 saturated carbocycles. The van der Waals surface area contributed by atoms with Crippen LogP contribution in [0.1, 0.15) is 26.2 Å². The van der Waals surface area contributed by atoms with E-state index in [4.69, 9.17) is 0 Å². The van der Waals surface area contributed by atoms with E-state index < -0.39 is 11.3 Å². The van der Waals surface area contributed by atoms with Crippen molar-refractivity contribution in [1.82, 2.24) is 0 Å². The Balaban J connectivity index is 2.62. The van der Waals surface area contributed by atoms with Crippen LogP contribution in [0.3, 0.4) is 0 Å². The summed E-state index contributed by atoms with van der Waals surface area (Å²) in [5, 5.41) is 0. The largest absolute Gasteiger partial charge is 0.755 e. The SMILES string of the molecule is CCCCCN(c1ccccc1)S(=O)[O-]. The summed E-state index contributed by atoms with van der Waals surface area (Å²) in [6.45, 7) is 2.66. The molecule has 1 aromatic rings. The van der Waals surface area contributed by atoms with E-state index in [0.717, 1.165) is 24.9 Å². The molecule has 0 saturated heterocycles. The maximum absolute atomic E-state index is 11.0. The molecule has 1 atom stereocenters. The Hall–Kier alpha value is -0.870. The van der Waals surface area contributed by atoms with Gasteiger partial charge in [-0.3, -0.25) is 4.21 Å². The number of para-hydroxylation sites is 1. The molecule has 0 N–H and O–H groups in total. The first-order chi connectivity index (χ1) is 7.25. The van der Waals surface area contributed by atoms with Crippen molar-refractivity contribution in [3.05, 3.63) is 30.3 Å². The van der Waals surface area contributed by atoms with Crippen molar-refractivity contribution in [1.29, 1.82) is 0 Å². The zero-order valence-corrected chi connectivity index (χ0v) is 9.70. The van der Waals surface area contributed by atoms with Gasteiger partial charge in [-0.05, 0) is 18.6 Å². The number of hydrogen-bond acceptors (Lipinski definition) is 2. The minimum Gasteiger partial charge on any atom is -0.755 e. The lowest BCUT2D eigenvalue weighted by molar-refractivity contribution is 0.530. The molecule has 15 heavy (non-hydrogen) atoms. The van der Waals surface area contributed by atoms with E-state index in [1.807, 2.05) is 30.3 Å². The highest BCUT2D eigenvalue weighted by Crippen LogP contribution is 2.15. The quantitative estimate of drug-likeness (QED) is 0.552. The van der Waals surface area contributed by atoms with Gasteiger partial charge in [0.15, 0.2) is 0 Å². The Bertz CT molecular complexity index is 303.